The van der Waals surface area contributed by atoms with Gasteiger partial charge in [-0.15, -0.1) is 11.3 Å². The van der Waals surface area contributed by atoms with E-state index in [0.717, 1.165) is 22.7 Å². The smallest absolute Gasteiger partial charge is 0.312 e. The highest BCUT2D eigenvalue weighted by Crippen LogP contribution is 2.23. The molecule has 0 saturated heterocycles. The number of amides is 1. The lowest BCUT2D eigenvalue weighted by Crippen LogP contribution is -2.21. The lowest BCUT2D eigenvalue weighted by atomic mass is 10.3. The lowest BCUT2D eigenvalue weighted by Gasteiger charge is -2.07. The number of rotatable bonds is 6. The van der Waals surface area contributed by atoms with Crippen molar-refractivity contribution in [2.45, 2.75) is 6.42 Å². The number of carbonyl (C=O) groups excluding carboxylic acids is 2. The predicted molar refractivity (Wildman–Crippen MR) is 100 cm³/mol. The van der Waals surface area contributed by atoms with Crippen LogP contribution in [0.3, 0.4) is 0 Å². The highest BCUT2D eigenvalue weighted by atomic mass is 35.5. The fourth-order valence-corrected chi connectivity index (χ4v) is 3.16. The molecule has 0 bridgehead atoms. The van der Waals surface area contributed by atoms with Crippen LogP contribution in [0.15, 0.2) is 48.1 Å². The Morgan fingerprint density at radius 1 is 1.30 bits per heavy atom. The van der Waals surface area contributed by atoms with Crippen molar-refractivity contribution in [3.63, 3.8) is 0 Å². The largest absolute Gasteiger partial charge is 0.455 e. The third-order valence-corrected chi connectivity index (χ3v) is 4.61. The van der Waals surface area contributed by atoms with E-state index in [-0.39, 0.29) is 17.1 Å². The Kier molecular flexibility index (Phi) is 6.10. The zero-order valence-corrected chi connectivity index (χ0v) is 15.4. The number of carbonyl (C=O) groups is 2. The fraction of sp³-hybridized carbons (Fsp3) is 0.111. The van der Waals surface area contributed by atoms with Crippen molar-refractivity contribution in [2.24, 2.45) is 0 Å². The molecule has 1 aromatic carbocycles. The Hall–Kier alpha value is -2.84. The van der Waals surface area contributed by atoms with Crippen LogP contribution in [-0.2, 0) is 20.7 Å². The Labute approximate surface area is 163 Å². The van der Waals surface area contributed by atoms with Gasteiger partial charge in [0.05, 0.1) is 22.8 Å². The Morgan fingerprint density at radius 3 is 2.89 bits per heavy atom. The van der Waals surface area contributed by atoms with E-state index in [1.54, 1.807) is 23.8 Å². The topological polar surface area (TPSA) is 81.2 Å². The van der Waals surface area contributed by atoms with E-state index in [1.165, 1.54) is 17.4 Å². The van der Waals surface area contributed by atoms with Crippen LogP contribution in [-0.4, -0.2) is 28.5 Å². The van der Waals surface area contributed by atoms with Gasteiger partial charge in [-0.1, -0.05) is 11.6 Å². The molecule has 1 amide bonds. The lowest BCUT2D eigenvalue weighted by molar-refractivity contribution is -0.146. The zero-order chi connectivity index (χ0) is 19.2. The summed E-state index contributed by atoms with van der Waals surface area (Å²) in [6.07, 6.45) is 3.30. The molecule has 0 aliphatic rings. The van der Waals surface area contributed by atoms with Crippen molar-refractivity contribution >= 4 is 40.5 Å². The van der Waals surface area contributed by atoms with Crippen molar-refractivity contribution in [3.05, 3.63) is 64.6 Å². The number of ether oxygens (including phenoxy) is 1. The number of hydrogen-bond acceptors (Lipinski definition) is 6. The second kappa shape index (κ2) is 8.70. The molecule has 0 aliphatic carbocycles. The molecule has 0 fully saturated rings. The maximum atomic E-state index is 13.0. The SMILES string of the molecule is O=C(COC(=O)Cc1csc(-c2cccnc2)n1)Nc1ccc(F)cc1Cl. The van der Waals surface area contributed by atoms with Crippen molar-refractivity contribution in [1.29, 1.82) is 0 Å². The number of benzene rings is 1. The first-order chi connectivity index (χ1) is 13.0. The number of hydrogen-bond donors (Lipinski definition) is 1. The molecule has 2 aromatic heterocycles. The molecule has 1 N–H and O–H groups in total. The zero-order valence-electron chi connectivity index (χ0n) is 13.8. The van der Waals surface area contributed by atoms with Gasteiger partial charge in [0.15, 0.2) is 6.61 Å². The maximum absolute atomic E-state index is 13.0. The van der Waals surface area contributed by atoms with E-state index in [9.17, 15) is 14.0 Å². The number of esters is 1. The summed E-state index contributed by atoms with van der Waals surface area (Å²) in [6, 6.07) is 7.24. The molecular weight excluding hydrogens is 393 g/mol. The molecule has 6 nitrogen and oxygen atoms in total. The molecule has 0 atom stereocenters. The van der Waals surface area contributed by atoms with Crippen LogP contribution in [0.5, 0.6) is 0 Å². The highest BCUT2D eigenvalue weighted by Gasteiger charge is 2.13. The Bertz CT molecular complexity index is 965. The van der Waals surface area contributed by atoms with Crippen LogP contribution >= 0.6 is 22.9 Å². The summed E-state index contributed by atoms with van der Waals surface area (Å²) in [5.41, 5.74) is 1.64. The number of anilines is 1. The van der Waals surface area contributed by atoms with Gasteiger partial charge in [0.2, 0.25) is 0 Å². The normalized spacial score (nSPS) is 10.4. The van der Waals surface area contributed by atoms with Crippen molar-refractivity contribution in [2.75, 3.05) is 11.9 Å². The third kappa shape index (κ3) is 5.32. The summed E-state index contributed by atoms with van der Waals surface area (Å²) in [5.74, 6) is -1.68. The van der Waals surface area contributed by atoms with E-state index < -0.39 is 24.3 Å². The van der Waals surface area contributed by atoms with Gasteiger partial charge in [-0.25, -0.2) is 9.37 Å². The Balaban J connectivity index is 1.49. The van der Waals surface area contributed by atoms with Crippen LogP contribution in [0.1, 0.15) is 5.69 Å². The second-order valence-electron chi connectivity index (χ2n) is 5.40. The standard InChI is InChI=1S/C18H13ClFN3O3S/c19-14-6-12(20)3-4-15(14)23-16(24)9-26-17(25)7-13-10-27-18(22-13)11-2-1-5-21-8-11/h1-6,8,10H,7,9H2,(H,23,24). The summed E-state index contributed by atoms with van der Waals surface area (Å²) < 4.78 is 17.9. The maximum Gasteiger partial charge on any atom is 0.312 e. The van der Waals surface area contributed by atoms with Crippen LogP contribution < -0.4 is 5.32 Å². The van der Waals surface area contributed by atoms with Gasteiger partial charge < -0.3 is 10.1 Å². The average molecular weight is 406 g/mol. The number of halogens is 2. The monoisotopic (exact) mass is 405 g/mol. The molecule has 9 heteroatoms. The molecule has 138 valence electrons. The molecule has 3 rings (SSSR count). The molecule has 0 unspecified atom stereocenters. The minimum absolute atomic E-state index is 0.0542. The molecule has 0 spiro atoms. The molecule has 0 saturated carbocycles. The second-order valence-corrected chi connectivity index (χ2v) is 6.66. The van der Waals surface area contributed by atoms with E-state index in [2.05, 4.69) is 15.3 Å². The van der Waals surface area contributed by atoms with E-state index >= 15 is 0 Å². The van der Waals surface area contributed by atoms with Crippen molar-refractivity contribution in [3.8, 4) is 10.6 Å². The van der Waals surface area contributed by atoms with E-state index in [1.807, 2.05) is 6.07 Å². The number of aromatic nitrogens is 2. The van der Waals surface area contributed by atoms with Crippen LogP contribution in [0.4, 0.5) is 10.1 Å². The fourth-order valence-electron chi connectivity index (χ4n) is 2.13. The molecule has 0 aliphatic heterocycles. The minimum atomic E-state index is -0.585. The molecule has 27 heavy (non-hydrogen) atoms. The van der Waals surface area contributed by atoms with Gasteiger partial charge in [-0.05, 0) is 30.3 Å². The highest BCUT2D eigenvalue weighted by molar-refractivity contribution is 7.13. The molecular formula is C18H13ClFN3O3S. The number of pyridine rings is 1. The third-order valence-electron chi connectivity index (χ3n) is 3.36. The van der Waals surface area contributed by atoms with E-state index in [4.69, 9.17) is 16.3 Å². The quantitative estimate of drug-likeness (QED) is 0.632. The predicted octanol–water partition coefficient (Wildman–Crippen LogP) is 3.72. The summed E-state index contributed by atoms with van der Waals surface area (Å²) in [5, 5.41) is 5.00. The van der Waals surface area contributed by atoms with Crippen molar-refractivity contribution in [1.82, 2.24) is 9.97 Å². The first-order valence-electron chi connectivity index (χ1n) is 7.76. The number of thiazole rings is 1. The molecule has 2 heterocycles. The number of nitrogens with one attached hydrogen (secondary N) is 1. The van der Waals surface area contributed by atoms with Crippen LogP contribution in [0.2, 0.25) is 5.02 Å². The van der Waals surface area contributed by atoms with Gasteiger partial charge in [-0.3, -0.25) is 14.6 Å². The molecule has 0 radical (unpaired) electrons. The van der Waals surface area contributed by atoms with Gasteiger partial charge >= 0.3 is 5.97 Å². The number of nitrogens with zero attached hydrogens (tertiary/aromatic N) is 2. The first-order valence-corrected chi connectivity index (χ1v) is 9.02. The Morgan fingerprint density at radius 2 is 2.15 bits per heavy atom. The van der Waals surface area contributed by atoms with Crippen LogP contribution in [0, 0.1) is 5.82 Å². The van der Waals surface area contributed by atoms with Gasteiger partial charge in [0.25, 0.3) is 5.91 Å². The van der Waals surface area contributed by atoms with Gasteiger partial charge in [0.1, 0.15) is 10.8 Å². The first kappa shape index (κ1) is 18.9. The summed E-state index contributed by atoms with van der Waals surface area (Å²) in [6.45, 7) is -0.480. The van der Waals surface area contributed by atoms with Crippen LogP contribution in [0.25, 0.3) is 10.6 Å². The van der Waals surface area contributed by atoms with Gasteiger partial charge in [-0.2, -0.15) is 0 Å². The average Bonchev–Trinajstić information content (AvgIpc) is 3.11. The van der Waals surface area contributed by atoms with Gasteiger partial charge in [0, 0.05) is 23.3 Å². The summed E-state index contributed by atoms with van der Waals surface area (Å²) >= 11 is 7.21. The summed E-state index contributed by atoms with van der Waals surface area (Å²) in [4.78, 5) is 32.1. The summed E-state index contributed by atoms with van der Waals surface area (Å²) in [7, 11) is 0. The van der Waals surface area contributed by atoms with Crippen molar-refractivity contribution < 1.29 is 18.7 Å². The minimum Gasteiger partial charge on any atom is -0.455 e. The van der Waals surface area contributed by atoms with E-state index in [0.29, 0.717) is 5.69 Å². The molecule has 3 aromatic rings.